The maximum Gasteiger partial charge on any atom is 0.273 e. The molecule has 2 heterocycles. The summed E-state index contributed by atoms with van der Waals surface area (Å²) in [6.45, 7) is 1.95. The van der Waals surface area contributed by atoms with Gasteiger partial charge in [-0.1, -0.05) is 29.8 Å². The summed E-state index contributed by atoms with van der Waals surface area (Å²) in [6.07, 6.45) is 0. The molecule has 0 fully saturated rings. The molecule has 8 nitrogen and oxygen atoms in total. The number of fused-ring (bicyclic) bond motifs is 2. The predicted octanol–water partition coefficient (Wildman–Crippen LogP) is 4.49. The second-order valence-corrected chi connectivity index (χ2v) is 7.93. The van der Waals surface area contributed by atoms with Crippen LogP contribution in [0.3, 0.4) is 0 Å². The largest absolute Gasteiger partial charge is 0.493 e. The van der Waals surface area contributed by atoms with E-state index in [1.807, 2.05) is 19.1 Å². The van der Waals surface area contributed by atoms with E-state index in [9.17, 15) is 9.59 Å². The van der Waals surface area contributed by atoms with E-state index in [-0.39, 0.29) is 16.9 Å². The van der Waals surface area contributed by atoms with Gasteiger partial charge in [0.15, 0.2) is 22.7 Å². The normalized spacial score (nSPS) is 11.1. The van der Waals surface area contributed by atoms with Crippen LogP contribution in [0.2, 0.25) is 0 Å². The Bertz CT molecular complexity index is 1680. The van der Waals surface area contributed by atoms with Crippen molar-refractivity contribution in [1.82, 2.24) is 9.55 Å². The first-order chi connectivity index (χ1) is 17.0. The third-order valence-electron chi connectivity index (χ3n) is 5.83. The Balaban J connectivity index is 1.94. The van der Waals surface area contributed by atoms with Crippen LogP contribution in [0.5, 0.6) is 17.2 Å². The first kappa shape index (κ1) is 22.2. The minimum Gasteiger partial charge on any atom is -0.493 e. The number of hydrogen-bond donors (Lipinski definition) is 0. The summed E-state index contributed by atoms with van der Waals surface area (Å²) in [5, 5.41) is 0.190. The Kier molecular flexibility index (Phi) is 5.49. The molecule has 0 aliphatic carbocycles. The number of benzene rings is 3. The Morgan fingerprint density at radius 2 is 1.51 bits per heavy atom. The van der Waals surface area contributed by atoms with Crippen LogP contribution in [-0.2, 0) is 0 Å². The van der Waals surface area contributed by atoms with Gasteiger partial charge in [-0.25, -0.2) is 0 Å². The third kappa shape index (κ3) is 3.59. The van der Waals surface area contributed by atoms with Gasteiger partial charge in [0.05, 0.1) is 32.4 Å². The van der Waals surface area contributed by atoms with Crippen molar-refractivity contribution in [2.75, 3.05) is 21.3 Å². The summed E-state index contributed by atoms with van der Waals surface area (Å²) in [4.78, 5) is 31.9. The molecule has 0 saturated heterocycles. The van der Waals surface area contributed by atoms with Crippen molar-refractivity contribution in [2.45, 2.75) is 6.92 Å². The molecule has 176 valence electrons. The van der Waals surface area contributed by atoms with Gasteiger partial charge in [0, 0.05) is 5.56 Å². The minimum absolute atomic E-state index is 0.0502. The van der Waals surface area contributed by atoms with E-state index >= 15 is 0 Å². The summed E-state index contributed by atoms with van der Waals surface area (Å²) in [5.74, 6) is 1.45. The second-order valence-electron chi connectivity index (χ2n) is 7.93. The van der Waals surface area contributed by atoms with Gasteiger partial charge in [-0.2, -0.15) is 4.98 Å². The summed E-state index contributed by atoms with van der Waals surface area (Å²) in [6, 6.07) is 17.5. The van der Waals surface area contributed by atoms with Crippen LogP contribution in [0, 0.1) is 6.92 Å². The Morgan fingerprint density at radius 1 is 0.857 bits per heavy atom. The SMILES string of the molecule is COc1cc(-c2nc3oc4ccccc4c(=O)c3c(=O)n2-c2ccc(C)cc2)cc(OC)c1OC. The molecule has 8 heteroatoms. The lowest BCUT2D eigenvalue weighted by molar-refractivity contribution is 0.324. The molecule has 35 heavy (non-hydrogen) atoms. The lowest BCUT2D eigenvalue weighted by Gasteiger charge is -2.17. The van der Waals surface area contributed by atoms with E-state index in [0.717, 1.165) is 5.56 Å². The van der Waals surface area contributed by atoms with Crippen LogP contribution in [-0.4, -0.2) is 30.9 Å². The molecule has 2 aromatic heterocycles. The zero-order valence-electron chi connectivity index (χ0n) is 19.6. The van der Waals surface area contributed by atoms with Crippen molar-refractivity contribution in [1.29, 1.82) is 0 Å². The molecule has 0 atom stereocenters. The van der Waals surface area contributed by atoms with Crippen molar-refractivity contribution < 1.29 is 18.6 Å². The van der Waals surface area contributed by atoms with E-state index < -0.39 is 11.0 Å². The lowest BCUT2D eigenvalue weighted by atomic mass is 10.1. The van der Waals surface area contributed by atoms with Gasteiger partial charge < -0.3 is 18.6 Å². The molecule has 0 radical (unpaired) electrons. The fraction of sp³-hybridized carbons (Fsp3) is 0.148. The highest BCUT2D eigenvalue weighted by molar-refractivity contribution is 5.88. The first-order valence-electron chi connectivity index (χ1n) is 10.8. The molecule has 3 aromatic carbocycles. The van der Waals surface area contributed by atoms with E-state index in [4.69, 9.17) is 18.6 Å². The highest BCUT2D eigenvalue weighted by Gasteiger charge is 2.22. The molecule has 0 saturated carbocycles. The van der Waals surface area contributed by atoms with Crippen LogP contribution in [0.15, 0.2) is 74.7 Å². The number of ether oxygens (including phenoxy) is 3. The van der Waals surface area contributed by atoms with E-state index in [2.05, 4.69) is 4.98 Å². The number of rotatable bonds is 5. The average molecular weight is 470 g/mol. The maximum atomic E-state index is 13.9. The second kappa shape index (κ2) is 8.64. The molecular formula is C27H22N2O6. The fourth-order valence-corrected chi connectivity index (χ4v) is 4.09. The van der Waals surface area contributed by atoms with Gasteiger partial charge in [0.25, 0.3) is 5.56 Å². The third-order valence-corrected chi connectivity index (χ3v) is 5.83. The Labute approximate surface area is 199 Å². The summed E-state index contributed by atoms with van der Waals surface area (Å²) in [7, 11) is 4.52. The van der Waals surface area contributed by atoms with Crippen molar-refractivity contribution in [3.05, 3.63) is 86.8 Å². The van der Waals surface area contributed by atoms with Gasteiger partial charge in [0.1, 0.15) is 5.58 Å². The summed E-state index contributed by atoms with van der Waals surface area (Å²) < 4.78 is 23.8. The topological polar surface area (TPSA) is 92.8 Å². The van der Waals surface area contributed by atoms with Gasteiger partial charge >= 0.3 is 0 Å². The highest BCUT2D eigenvalue weighted by Crippen LogP contribution is 2.41. The van der Waals surface area contributed by atoms with Gasteiger partial charge in [0.2, 0.25) is 16.9 Å². The van der Waals surface area contributed by atoms with Crippen LogP contribution < -0.4 is 25.2 Å². The standard InChI is InChI=1S/C27H22N2O6/c1-15-9-11-17(12-10-15)29-25(16-13-20(32-2)24(34-4)21(14-16)33-3)28-26-22(27(29)31)23(30)18-7-5-6-8-19(18)35-26/h5-14H,1-4H3. The Hall–Kier alpha value is -4.59. The number of aromatic nitrogens is 2. The number of methoxy groups -OCH3 is 3. The summed E-state index contributed by atoms with van der Waals surface area (Å²) in [5.41, 5.74) is 1.40. The molecular weight excluding hydrogens is 448 g/mol. The van der Waals surface area contributed by atoms with Gasteiger partial charge in [-0.15, -0.1) is 0 Å². The number of hydrogen-bond acceptors (Lipinski definition) is 7. The molecule has 0 aliphatic heterocycles. The monoisotopic (exact) mass is 470 g/mol. The predicted molar refractivity (Wildman–Crippen MR) is 133 cm³/mol. The zero-order chi connectivity index (χ0) is 24.7. The quantitative estimate of drug-likeness (QED) is 0.349. The number of nitrogens with zero attached hydrogens (tertiary/aromatic N) is 2. The van der Waals surface area contributed by atoms with Crippen LogP contribution in [0.4, 0.5) is 0 Å². The van der Waals surface area contributed by atoms with Crippen molar-refractivity contribution in [3.8, 4) is 34.3 Å². The highest BCUT2D eigenvalue weighted by atomic mass is 16.5. The zero-order valence-corrected chi connectivity index (χ0v) is 19.6. The maximum absolute atomic E-state index is 13.9. The van der Waals surface area contributed by atoms with Crippen molar-refractivity contribution >= 4 is 22.1 Å². The lowest BCUT2D eigenvalue weighted by Crippen LogP contribution is -2.26. The fourth-order valence-electron chi connectivity index (χ4n) is 4.09. The molecule has 0 aliphatic rings. The molecule has 0 spiro atoms. The van der Waals surface area contributed by atoms with Crippen molar-refractivity contribution in [3.63, 3.8) is 0 Å². The molecule has 5 rings (SSSR count). The van der Waals surface area contributed by atoms with E-state index in [1.165, 1.54) is 25.9 Å². The average Bonchev–Trinajstić information content (AvgIpc) is 2.88. The van der Waals surface area contributed by atoms with Crippen LogP contribution in [0.25, 0.3) is 39.1 Å². The van der Waals surface area contributed by atoms with Crippen LogP contribution in [0.1, 0.15) is 5.56 Å². The molecule has 0 amide bonds. The van der Waals surface area contributed by atoms with E-state index in [0.29, 0.717) is 39.5 Å². The van der Waals surface area contributed by atoms with Gasteiger partial charge in [-0.3, -0.25) is 14.2 Å². The minimum atomic E-state index is -0.540. The van der Waals surface area contributed by atoms with Crippen molar-refractivity contribution in [2.24, 2.45) is 0 Å². The van der Waals surface area contributed by atoms with Gasteiger partial charge in [-0.05, 0) is 43.3 Å². The molecule has 0 bridgehead atoms. The van der Waals surface area contributed by atoms with E-state index in [1.54, 1.807) is 48.5 Å². The first-order valence-corrected chi connectivity index (χ1v) is 10.8. The number of para-hydroxylation sites is 1. The molecule has 5 aromatic rings. The molecule has 0 N–H and O–H groups in total. The molecule has 0 unspecified atom stereocenters. The smallest absolute Gasteiger partial charge is 0.273 e. The number of aryl methyl sites for hydroxylation is 1. The Morgan fingerprint density at radius 3 is 2.14 bits per heavy atom. The van der Waals surface area contributed by atoms with Crippen LogP contribution >= 0.6 is 0 Å². The summed E-state index contributed by atoms with van der Waals surface area (Å²) >= 11 is 0.